The van der Waals surface area contributed by atoms with Crippen LogP contribution in [0.3, 0.4) is 0 Å². The number of hydrogen-bond donors (Lipinski definition) is 0. The number of halogens is 10. The molecule has 0 bridgehead atoms. The molecule has 0 aliphatic heterocycles. The molecule has 1 atom stereocenters. The molecule has 1 fully saturated rings. The van der Waals surface area contributed by atoms with Crippen LogP contribution in [0.5, 0.6) is 0 Å². The quantitative estimate of drug-likeness (QED) is 0.270. The Labute approximate surface area is 134 Å². The molecule has 0 aromatic heterocycles. The predicted molar refractivity (Wildman–Crippen MR) is 70.2 cm³/mol. The van der Waals surface area contributed by atoms with Crippen molar-refractivity contribution in [1.82, 2.24) is 0 Å². The second-order valence-corrected chi connectivity index (χ2v) is 8.40. The lowest BCUT2D eigenvalue weighted by molar-refractivity contribution is -0.303. The van der Waals surface area contributed by atoms with Gasteiger partial charge in [0.25, 0.3) is 5.67 Å². The standard InChI is InChI=1S/C12H14F9I/c1-3-4-5-7(2,22)6-8(13)9(14,15)11(18,19)12(20,21)10(8,16)17/h3-6H2,1-2H3. The Kier molecular flexibility index (Phi) is 4.85. The van der Waals surface area contributed by atoms with Crippen molar-refractivity contribution >= 4 is 22.6 Å². The van der Waals surface area contributed by atoms with E-state index in [1.165, 1.54) is 22.6 Å². The summed E-state index contributed by atoms with van der Waals surface area (Å²) < 4.78 is 119. The molecule has 0 saturated heterocycles. The average molecular weight is 456 g/mol. The van der Waals surface area contributed by atoms with E-state index in [2.05, 4.69) is 0 Å². The Morgan fingerprint density at radius 2 is 1.14 bits per heavy atom. The van der Waals surface area contributed by atoms with E-state index >= 15 is 0 Å². The molecule has 0 aromatic rings. The van der Waals surface area contributed by atoms with Gasteiger partial charge in [-0.25, -0.2) is 4.39 Å². The Balaban J connectivity index is 3.37. The van der Waals surface area contributed by atoms with Gasteiger partial charge < -0.3 is 0 Å². The molecule has 0 nitrogen and oxygen atoms in total. The fourth-order valence-electron chi connectivity index (χ4n) is 2.45. The molecule has 1 aliphatic rings. The third-order valence-corrected chi connectivity index (χ3v) is 4.76. The minimum atomic E-state index is -6.48. The van der Waals surface area contributed by atoms with Crippen molar-refractivity contribution in [3.05, 3.63) is 0 Å². The molecule has 132 valence electrons. The van der Waals surface area contributed by atoms with Crippen LogP contribution in [0.25, 0.3) is 0 Å². The highest BCUT2D eigenvalue weighted by Gasteiger charge is 3.00. The van der Waals surface area contributed by atoms with Crippen LogP contribution < -0.4 is 0 Å². The van der Waals surface area contributed by atoms with Crippen LogP contribution in [0.2, 0.25) is 0 Å². The summed E-state index contributed by atoms with van der Waals surface area (Å²) in [6.07, 6.45) is -1.04. The largest absolute Gasteiger partial charge is 0.381 e. The molecular formula is C12H14F9I. The summed E-state index contributed by atoms with van der Waals surface area (Å²) >= 11 is 1.36. The highest BCUT2D eigenvalue weighted by Crippen LogP contribution is 2.71. The van der Waals surface area contributed by atoms with Crippen LogP contribution in [0.1, 0.15) is 39.5 Å². The number of rotatable bonds is 5. The topological polar surface area (TPSA) is 0 Å². The van der Waals surface area contributed by atoms with E-state index in [9.17, 15) is 39.5 Å². The van der Waals surface area contributed by atoms with Crippen molar-refractivity contribution in [2.75, 3.05) is 0 Å². The SMILES string of the molecule is CCCCC(C)(I)CC1(F)C(F)(F)C(F)(F)C(F)(F)C1(F)F. The maximum Gasteiger partial charge on any atom is 0.381 e. The van der Waals surface area contributed by atoms with Crippen molar-refractivity contribution in [2.24, 2.45) is 0 Å². The Hall–Kier alpha value is 0.1000. The number of hydrogen-bond acceptors (Lipinski definition) is 0. The van der Waals surface area contributed by atoms with Crippen molar-refractivity contribution in [2.45, 2.75) is 72.3 Å². The maximum absolute atomic E-state index is 14.3. The van der Waals surface area contributed by atoms with Crippen LogP contribution in [0.4, 0.5) is 39.5 Å². The second kappa shape index (κ2) is 5.30. The lowest BCUT2D eigenvalue weighted by atomic mass is 9.84. The Bertz CT molecular complexity index is 404. The zero-order valence-electron chi connectivity index (χ0n) is 11.6. The summed E-state index contributed by atoms with van der Waals surface area (Å²) in [7, 11) is 0. The highest BCUT2D eigenvalue weighted by atomic mass is 127. The molecule has 1 saturated carbocycles. The molecule has 1 unspecified atom stereocenters. The van der Waals surface area contributed by atoms with E-state index in [1.807, 2.05) is 0 Å². The van der Waals surface area contributed by atoms with Gasteiger partial charge in [-0.1, -0.05) is 49.3 Å². The van der Waals surface area contributed by atoms with Gasteiger partial charge >= 0.3 is 23.7 Å². The van der Waals surface area contributed by atoms with Gasteiger partial charge in [0.15, 0.2) is 0 Å². The third kappa shape index (κ3) is 2.33. The average Bonchev–Trinajstić information content (AvgIpc) is 2.38. The molecule has 0 radical (unpaired) electrons. The van der Waals surface area contributed by atoms with Crippen molar-refractivity contribution in [3.63, 3.8) is 0 Å². The minimum Gasteiger partial charge on any atom is -0.230 e. The van der Waals surface area contributed by atoms with Gasteiger partial charge in [0.1, 0.15) is 0 Å². The van der Waals surface area contributed by atoms with Crippen LogP contribution in [0.15, 0.2) is 0 Å². The van der Waals surface area contributed by atoms with Crippen molar-refractivity contribution in [3.8, 4) is 0 Å². The van der Waals surface area contributed by atoms with Gasteiger partial charge in [-0.2, -0.15) is 35.1 Å². The molecule has 0 N–H and O–H groups in total. The first-order valence-electron chi connectivity index (χ1n) is 6.41. The first-order valence-corrected chi connectivity index (χ1v) is 7.49. The predicted octanol–water partition coefficient (Wildman–Crippen LogP) is 6.02. The van der Waals surface area contributed by atoms with Crippen LogP contribution in [-0.4, -0.2) is 32.8 Å². The number of unbranched alkanes of at least 4 members (excludes halogenated alkanes) is 1. The van der Waals surface area contributed by atoms with Crippen LogP contribution >= 0.6 is 22.6 Å². The van der Waals surface area contributed by atoms with Crippen molar-refractivity contribution in [1.29, 1.82) is 0 Å². The summed E-state index contributed by atoms with van der Waals surface area (Å²) in [5.74, 6) is -25.3. The molecule has 0 amide bonds. The molecule has 10 heteroatoms. The van der Waals surface area contributed by atoms with E-state index in [1.54, 1.807) is 6.92 Å². The molecule has 0 aromatic carbocycles. The molecule has 0 spiro atoms. The van der Waals surface area contributed by atoms with Gasteiger partial charge in [0, 0.05) is 9.84 Å². The lowest BCUT2D eigenvalue weighted by Crippen LogP contribution is -2.57. The minimum absolute atomic E-state index is 0.0565. The molecule has 1 rings (SSSR count). The number of alkyl halides is 10. The zero-order valence-corrected chi connectivity index (χ0v) is 13.8. The van der Waals surface area contributed by atoms with Crippen molar-refractivity contribution < 1.29 is 39.5 Å². The van der Waals surface area contributed by atoms with E-state index in [4.69, 9.17) is 0 Å². The molecular weight excluding hydrogens is 442 g/mol. The summed E-state index contributed by atoms with van der Waals surface area (Å²) in [5.41, 5.74) is -5.34. The summed E-state index contributed by atoms with van der Waals surface area (Å²) in [6.45, 7) is 2.77. The highest BCUT2D eigenvalue weighted by molar-refractivity contribution is 14.1. The monoisotopic (exact) mass is 456 g/mol. The molecule has 22 heavy (non-hydrogen) atoms. The fraction of sp³-hybridized carbons (Fsp3) is 1.00. The van der Waals surface area contributed by atoms with E-state index in [0.29, 0.717) is 12.8 Å². The zero-order chi connectivity index (χ0) is 17.8. The second-order valence-electron chi connectivity index (χ2n) is 5.79. The molecule has 0 heterocycles. The Morgan fingerprint density at radius 3 is 1.45 bits per heavy atom. The summed E-state index contributed by atoms with van der Waals surface area (Å²) in [6, 6.07) is 0. The maximum atomic E-state index is 14.3. The summed E-state index contributed by atoms with van der Waals surface area (Å²) in [4.78, 5) is 0. The summed E-state index contributed by atoms with van der Waals surface area (Å²) in [5, 5.41) is 0. The van der Waals surface area contributed by atoms with Gasteiger partial charge in [-0.15, -0.1) is 0 Å². The Morgan fingerprint density at radius 1 is 0.773 bits per heavy atom. The third-order valence-electron chi connectivity index (χ3n) is 3.84. The van der Waals surface area contributed by atoms with E-state index < -0.39 is 39.2 Å². The van der Waals surface area contributed by atoms with Gasteiger partial charge in [0.2, 0.25) is 0 Å². The molecule has 1 aliphatic carbocycles. The first-order chi connectivity index (χ1) is 9.52. The van der Waals surface area contributed by atoms with Crippen LogP contribution in [-0.2, 0) is 0 Å². The van der Waals surface area contributed by atoms with Gasteiger partial charge in [-0.05, 0) is 6.42 Å². The van der Waals surface area contributed by atoms with E-state index in [0.717, 1.165) is 6.92 Å². The van der Waals surface area contributed by atoms with Crippen LogP contribution in [0, 0.1) is 0 Å². The van der Waals surface area contributed by atoms with Gasteiger partial charge in [-0.3, -0.25) is 0 Å². The lowest BCUT2D eigenvalue weighted by Gasteiger charge is -2.36. The fourth-order valence-corrected chi connectivity index (χ4v) is 3.36. The smallest absolute Gasteiger partial charge is 0.230 e. The van der Waals surface area contributed by atoms with E-state index in [-0.39, 0.29) is 6.42 Å². The van der Waals surface area contributed by atoms with Gasteiger partial charge in [0.05, 0.1) is 0 Å². The first kappa shape index (κ1) is 20.1. The normalized spacial score (nSPS) is 30.0.